The molecule has 1 aliphatic rings. The highest BCUT2D eigenvalue weighted by molar-refractivity contribution is 7.89. The normalized spacial score (nSPS) is 28.1. The highest BCUT2D eigenvalue weighted by Crippen LogP contribution is 2.20. The summed E-state index contributed by atoms with van der Waals surface area (Å²) in [4.78, 5) is 6.36. The Labute approximate surface area is 94.7 Å². The number of H-pyrrole nitrogens is 1. The van der Waals surface area contributed by atoms with E-state index in [1.54, 1.807) is 0 Å². The number of nitrogens with one attached hydrogen (secondary N) is 1. The van der Waals surface area contributed by atoms with Crippen LogP contribution in [0.3, 0.4) is 0 Å². The average molecular weight is 245 g/mol. The highest BCUT2D eigenvalue weighted by atomic mass is 32.2. The van der Waals surface area contributed by atoms with E-state index in [-0.39, 0.29) is 17.2 Å². The molecule has 16 heavy (non-hydrogen) atoms. The van der Waals surface area contributed by atoms with Crippen molar-refractivity contribution in [2.45, 2.75) is 31.0 Å². The summed E-state index contributed by atoms with van der Waals surface area (Å²) in [5.41, 5.74) is 0. The zero-order chi connectivity index (χ0) is 11.8. The standard InChI is InChI=1S/C9H15N3O3S/c1-7-5-15-8(2)4-12(7)16(13,14)9-3-10-6-11-9/h3,6-8H,4-5H2,1-2H3,(H,10,11). The summed E-state index contributed by atoms with van der Waals surface area (Å²) in [6.45, 7) is 4.50. The van der Waals surface area contributed by atoms with Gasteiger partial charge < -0.3 is 9.72 Å². The summed E-state index contributed by atoms with van der Waals surface area (Å²) in [6, 6.07) is -0.149. The van der Waals surface area contributed by atoms with Crippen LogP contribution in [0.25, 0.3) is 0 Å². The van der Waals surface area contributed by atoms with Gasteiger partial charge in [0, 0.05) is 12.6 Å². The van der Waals surface area contributed by atoms with E-state index in [1.165, 1.54) is 16.8 Å². The smallest absolute Gasteiger partial charge is 0.260 e. The number of morpholine rings is 1. The molecule has 0 radical (unpaired) electrons. The Bertz CT molecular complexity index is 443. The number of aromatic nitrogens is 2. The Balaban J connectivity index is 2.29. The van der Waals surface area contributed by atoms with Gasteiger partial charge in [0.05, 0.1) is 25.2 Å². The minimum atomic E-state index is -3.47. The van der Waals surface area contributed by atoms with Gasteiger partial charge in [-0.3, -0.25) is 0 Å². The van der Waals surface area contributed by atoms with Gasteiger partial charge >= 0.3 is 0 Å². The number of nitrogens with zero attached hydrogens (tertiary/aromatic N) is 2. The maximum Gasteiger partial charge on any atom is 0.260 e. The van der Waals surface area contributed by atoms with Crippen molar-refractivity contribution in [3.05, 3.63) is 12.5 Å². The second-order valence-corrected chi connectivity index (χ2v) is 5.84. The summed E-state index contributed by atoms with van der Waals surface area (Å²) in [6.07, 6.45) is 2.61. The quantitative estimate of drug-likeness (QED) is 0.808. The first kappa shape index (κ1) is 11.6. The molecule has 0 aliphatic carbocycles. The van der Waals surface area contributed by atoms with Gasteiger partial charge in [-0.15, -0.1) is 0 Å². The van der Waals surface area contributed by atoms with Crippen LogP contribution in [-0.4, -0.2) is 48.0 Å². The van der Waals surface area contributed by atoms with Crippen LogP contribution in [0.1, 0.15) is 13.8 Å². The molecule has 0 amide bonds. The lowest BCUT2D eigenvalue weighted by atomic mass is 10.2. The van der Waals surface area contributed by atoms with Crippen molar-refractivity contribution >= 4 is 10.0 Å². The van der Waals surface area contributed by atoms with Crippen molar-refractivity contribution < 1.29 is 13.2 Å². The van der Waals surface area contributed by atoms with Crippen molar-refractivity contribution in [3.63, 3.8) is 0 Å². The molecule has 2 atom stereocenters. The number of hydrogen-bond acceptors (Lipinski definition) is 4. The second-order valence-electron chi connectivity index (χ2n) is 3.98. The predicted molar refractivity (Wildman–Crippen MR) is 57.4 cm³/mol. The molecule has 0 aromatic carbocycles. The van der Waals surface area contributed by atoms with Gasteiger partial charge in [0.2, 0.25) is 0 Å². The molecule has 7 heteroatoms. The SMILES string of the molecule is CC1CN(S(=O)(=O)c2cnc[nH]2)C(C)CO1. The Kier molecular flexibility index (Phi) is 3.00. The molecular formula is C9H15N3O3S. The molecule has 0 bridgehead atoms. The van der Waals surface area contributed by atoms with Gasteiger partial charge in [0.1, 0.15) is 0 Å². The van der Waals surface area contributed by atoms with E-state index in [9.17, 15) is 8.42 Å². The molecule has 1 aliphatic heterocycles. The van der Waals surface area contributed by atoms with Crippen LogP contribution in [0.2, 0.25) is 0 Å². The maximum atomic E-state index is 12.2. The van der Waals surface area contributed by atoms with Gasteiger partial charge in [0.15, 0.2) is 5.03 Å². The third kappa shape index (κ3) is 1.98. The third-order valence-corrected chi connectivity index (χ3v) is 4.52. The fraction of sp³-hybridized carbons (Fsp3) is 0.667. The average Bonchev–Trinajstić information content (AvgIpc) is 2.75. The number of hydrogen-bond donors (Lipinski definition) is 1. The molecule has 2 rings (SSSR count). The Morgan fingerprint density at radius 2 is 2.31 bits per heavy atom. The van der Waals surface area contributed by atoms with Crippen LogP contribution in [0, 0.1) is 0 Å². The van der Waals surface area contributed by atoms with Crippen LogP contribution in [-0.2, 0) is 14.8 Å². The zero-order valence-electron chi connectivity index (χ0n) is 9.25. The molecule has 2 heterocycles. The van der Waals surface area contributed by atoms with Crippen LogP contribution >= 0.6 is 0 Å². The van der Waals surface area contributed by atoms with E-state index in [2.05, 4.69) is 9.97 Å². The largest absolute Gasteiger partial charge is 0.375 e. The van der Waals surface area contributed by atoms with E-state index in [0.717, 1.165) is 0 Å². The molecule has 0 saturated carbocycles. The lowest BCUT2D eigenvalue weighted by Gasteiger charge is -2.35. The molecule has 1 fully saturated rings. The molecule has 1 N–H and O–H groups in total. The van der Waals surface area contributed by atoms with Crippen LogP contribution in [0.5, 0.6) is 0 Å². The molecule has 0 spiro atoms. The summed E-state index contributed by atoms with van der Waals surface area (Å²) in [7, 11) is -3.47. The summed E-state index contributed by atoms with van der Waals surface area (Å²) >= 11 is 0. The minimum Gasteiger partial charge on any atom is -0.375 e. The topological polar surface area (TPSA) is 75.3 Å². The lowest BCUT2D eigenvalue weighted by molar-refractivity contribution is -0.0171. The Morgan fingerprint density at radius 1 is 1.56 bits per heavy atom. The van der Waals surface area contributed by atoms with Gasteiger partial charge in [-0.2, -0.15) is 4.31 Å². The number of aromatic amines is 1. The molecule has 6 nitrogen and oxygen atoms in total. The highest BCUT2D eigenvalue weighted by Gasteiger charge is 2.34. The van der Waals surface area contributed by atoms with Crippen molar-refractivity contribution in [1.82, 2.24) is 14.3 Å². The van der Waals surface area contributed by atoms with E-state index >= 15 is 0 Å². The fourth-order valence-corrected chi connectivity index (χ4v) is 3.31. The number of imidazole rings is 1. The predicted octanol–water partition coefficient (Wildman–Crippen LogP) is 0.208. The first-order valence-corrected chi connectivity index (χ1v) is 6.57. The van der Waals surface area contributed by atoms with Crippen molar-refractivity contribution in [1.29, 1.82) is 0 Å². The minimum absolute atomic E-state index is 0.0751. The summed E-state index contributed by atoms with van der Waals surface area (Å²) in [5.74, 6) is 0. The van der Waals surface area contributed by atoms with E-state index in [4.69, 9.17) is 4.74 Å². The van der Waals surface area contributed by atoms with Gasteiger partial charge in [-0.05, 0) is 13.8 Å². The van der Waals surface area contributed by atoms with Gasteiger partial charge in [-0.25, -0.2) is 13.4 Å². The van der Waals surface area contributed by atoms with Crippen LogP contribution in [0.4, 0.5) is 0 Å². The summed E-state index contributed by atoms with van der Waals surface area (Å²) in [5, 5.41) is 0.133. The lowest BCUT2D eigenvalue weighted by Crippen LogP contribution is -2.50. The van der Waals surface area contributed by atoms with Crippen LogP contribution < -0.4 is 0 Å². The van der Waals surface area contributed by atoms with Gasteiger partial charge in [-0.1, -0.05) is 0 Å². The number of ether oxygens (including phenoxy) is 1. The molecule has 1 aromatic heterocycles. The number of rotatable bonds is 2. The van der Waals surface area contributed by atoms with E-state index in [0.29, 0.717) is 13.2 Å². The van der Waals surface area contributed by atoms with Crippen molar-refractivity contribution in [2.75, 3.05) is 13.2 Å². The maximum absolute atomic E-state index is 12.2. The second kappa shape index (κ2) is 4.15. The van der Waals surface area contributed by atoms with E-state index in [1.807, 2.05) is 13.8 Å². The monoisotopic (exact) mass is 245 g/mol. The van der Waals surface area contributed by atoms with Crippen molar-refractivity contribution in [2.24, 2.45) is 0 Å². The number of sulfonamides is 1. The molecule has 2 unspecified atom stereocenters. The first-order chi connectivity index (χ1) is 7.51. The molecule has 1 aromatic rings. The summed E-state index contributed by atoms with van der Waals surface area (Å²) < 4.78 is 31.3. The molecule has 1 saturated heterocycles. The van der Waals surface area contributed by atoms with Crippen molar-refractivity contribution in [3.8, 4) is 0 Å². The van der Waals surface area contributed by atoms with Crippen LogP contribution in [0.15, 0.2) is 17.6 Å². The molecule has 90 valence electrons. The Hall–Kier alpha value is -0.920. The zero-order valence-corrected chi connectivity index (χ0v) is 10.1. The first-order valence-electron chi connectivity index (χ1n) is 5.13. The third-order valence-electron chi connectivity index (χ3n) is 2.61. The van der Waals surface area contributed by atoms with Gasteiger partial charge in [0.25, 0.3) is 10.0 Å². The Morgan fingerprint density at radius 3 is 2.94 bits per heavy atom. The van der Waals surface area contributed by atoms with E-state index < -0.39 is 10.0 Å². The fourth-order valence-electron chi connectivity index (χ4n) is 1.72. The molecular weight excluding hydrogens is 230 g/mol.